The maximum Gasteiger partial charge on any atom is 0.180 e. The van der Waals surface area contributed by atoms with E-state index in [2.05, 4.69) is 13.8 Å². The standard InChI is InChI=1S/C15H22FNO2/c1-5-12(6-2)17(3)10-14(18)13-9-11(16)7-8-15(13)19-4/h7-9,12H,5-6,10H2,1-4H3. The molecular weight excluding hydrogens is 245 g/mol. The first-order valence-electron chi connectivity index (χ1n) is 6.60. The van der Waals surface area contributed by atoms with Gasteiger partial charge in [-0.15, -0.1) is 0 Å². The molecule has 0 saturated carbocycles. The average Bonchev–Trinajstić information content (AvgIpc) is 2.40. The minimum absolute atomic E-state index is 0.120. The van der Waals surface area contributed by atoms with Gasteiger partial charge >= 0.3 is 0 Å². The van der Waals surface area contributed by atoms with Crippen LogP contribution in [-0.4, -0.2) is 37.4 Å². The van der Waals surface area contributed by atoms with E-state index in [-0.39, 0.29) is 12.3 Å². The van der Waals surface area contributed by atoms with E-state index in [0.29, 0.717) is 17.4 Å². The normalized spacial score (nSPS) is 11.1. The van der Waals surface area contributed by atoms with E-state index in [1.165, 1.54) is 25.3 Å². The fourth-order valence-electron chi connectivity index (χ4n) is 2.25. The molecule has 1 aromatic carbocycles. The summed E-state index contributed by atoms with van der Waals surface area (Å²) in [5, 5.41) is 0. The molecule has 0 fully saturated rings. The van der Waals surface area contributed by atoms with Crippen LogP contribution in [0.5, 0.6) is 5.75 Å². The number of Topliss-reactive ketones (excluding diaryl/α,β-unsaturated/α-hetero) is 1. The molecule has 0 atom stereocenters. The van der Waals surface area contributed by atoms with Gasteiger partial charge in [0.2, 0.25) is 0 Å². The highest BCUT2D eigenvalue weighted by Gasteiger charge is 2.18. The van der Waals surface area contributed by atoms with Crippen LogP contribution in [0.1, 0.15) is 37.0 Å². The number of ether oxygens (including phenoxy) is 1. The number of benzene rings is 1. The minimum atomic E-state index is -0.422. The number of hydrogen-bond acceptors (Lipinski definition) is 3. The first-order valence-corrected chi connectivity index (χ1v) is 6.60. The first-order chi connectivity index (χ1) is 9.03. The van der Waals surface area contributed by atoms with Crippen molar-refractivity contribution in [2.24, 2.45) is 0 Å². The second kappa shape index (κ2) is 7.24. The summed E-state index contributed by atoms with van der Waals surface area (Å²) in [5.41, 5.74) is 0.306. The lowest BCUT2D eigenvalue weighted by atomic mass is 10.1. The first kappa shape index (κ1) is 15.6. The Morgan fingerprint density at radius 3 is 2.53 bits per heavy atom. The number of methoxy groups -OCH3 is 1. The second-order valence-corrected chi connectivity index (χ2v) is 4.65. The fourth-order valence-corrected chi connectivity index (χ4v) is 2.25. The fraction of sp³-hybridized carbons (Fsp3) is 0.533. The van der Waals surface area contributed by atoms with Crippen LogP contribution in [0.25, 0.3) is 0 Å². The number of hydrogen-bond donors (Lipinski definition) is 0. The van der Waals surface area contributed by atoms with Crippen molar-refractivity contribution in [3.05, 3.63) is 29.6 Å². The van der Waals surface area contributed by atoms with Crippen LogP contribution in [0.3, 0.4) is 0 Å². The zero-order chi connectivity index (χ0) is 14.4. The lowest BCUT2D eigenvalue weighted by Gasteiger charge is -2.25. The highest BCUT2D eigenvalue weighted by molar-refractivity contribution is 6.00. The molecule has 4 heteroatoms. The molecule has 0 aliphatic carbocycles. The Morgan fingerprint density at radius 1 is 1.37 bits per heavy atom. The Morgan fingerprint density at radius 2 is 2.00 bits per heavy atom. The van der Waals surface area contributed by atoms with Crippen molar-refractivity contribution in [1.29, 1.82) is 0 Å². The molecule has 0 saturated heterocycles. The van der Waals surface area contributed by atoms with Gasteiger partial charge in [-0.3, -0.25) is 9.69 Å². The van der Waals surface area contributed by atoms with Crippen LogP contribution in [0.4, 0.5) is 4.39 Å². The van der Waals surface area contributed by atoms with Gasteiger partial charge in [-0.05, 0) is 38.1 Å². The zero-order valence-corrected chi connectivity index (χ0v) is 12.1. The Hall–Kier alpha value is -1.42. The lowest BCUT2D eigenvalue weighted by molar-refractivity contribution is 0.0912. The van der Waals surface area contributed by atoms with Gasteiger partial charge < -0.3 is 4.74 Å². The van der Waals surface area contributed by atoms with Crippen molar-refractivity contribution in [2.75, 3.05) is 20.7 Å². The molecule has 0 amide bonds. The molecule has 0 aliphatic rings. The van der Waals surface area contributed by atoms with Gasteiger partial charge in [0, 0.05) is 6.04 Å². The van der Waals surface area contributed by atoms with Gasteiger partial charge in [-0.25, -0.2) is 4.39 Å². The van der Waals surface area contributed by atoms with Gasteiger partial charge in [0.25, 0.3) is 0 Å². The van der Waals surface area contributed by atoms with Crippen LogP contribution < -0.4 is 4.74 Å². The van der Waals surface area contributed by atoms with E-state index in [0.717, 1.165) is 12.8 Å². The minimum Gasteiger partial charge on any atom is -0.496 e. The summed E-state index contributed by atoms with van der Waals surface area (Å²) in [5.74, 6) is -0.121. The van der Waals surface area contributed by atoms with Crippen molar-refractivity contribution in [2.45, 2.75) is 32.7 Å². The maximum absolute atomic E-state index is 13.3. The molecule has 19 heavy (non-hydrogen) atoms. The Labute approximate surface area is 114 Å². The molecule has 0 aromatic heterocycles. The topological polar surface area (TPSA) is 29.5 Å². The molecular formula is C15H22FNO2. The molecule has 0 unspecified atom stereocenters. The summed E-state index contributed by atoms with van der Waals surface area (Å²) in [4.78, 5) is 14.2. The van der Waals surface area contributed by atoms with Crippen molar-refractivity contribution in [1.82, 2.24) is 4.90 Å². The third kappa shape index (κ3) is 4.03. The van der Waals surface area contributed by atoms with Crippen LogP contribution in [0.2, 0.25) is 0 Å². The lowest BCUT2D eigenvalue weighted by Crippen LogP contribution is -2.35. The van der Waals surface area contributed by atoms with Crippen molar-refractivity contribution in [3.63, 3.8) is 0 Å². The van der Waals surface area contributed by atoms with Gasteiger partial charge in [0.15, 0.2) is 5.78 Å². The molecule has 0 bridgehead atoms. The van der Waals surface area contributed by atoms with E-state index in [9.17, 15) is 9.18 Å². The molecule has 0 heterocycles. The molecule has 0 aliphatic heterocycles. The van der Waals surface area contributed by atoms with Crippen molar-refractivity contribution >= 4 is 5.78 Å². The monoisotopic (exact) mass is 267 g/mol. The molecule has 106 valence electrons. The summed E-state index contributed by atoms with van der Waals surface area (Å²) in [6.45, 7) is 4.46. The number of nitrogens with zero attached hydrogens (tertiary/aromatic N) is 1. The predicted molar refractivity (Wildman–Crippen MR) is 74.3 cm³/mol. The predicted octanol–water partition coefficient (Wildman–Crippen LogP) is 3.14. The van der Waals surface area contributed by atoms with Crippen LogP contribution in [0.15, 0.2) is 18.2 Å². The van der Waals surface area contributed by atoms with E-state index >= 15 is 0 Å². The second-order valence-electron chi connectivity index (χ2n) is 4.65. The number of ketones is 1. The average molecular weight is 267 g/mol. The van der Waals surface area contributed by atoms with E-state index in [1.54, 1.807) is 0 Å². The van der Waals surface area contributed by atoms with Crippen LogP contribution in [-0.2, 0) is 0 Å². The molecule has 0 spiro atoms. The number of likely N-dealkylation sites (N-methyl/N-ethyl adjacent to an activating group) is 1. The highest BCUT2D eigenvalue weighted by Crippen LogP contribution is 2.20. The SMILES string of the molecule is CCC(CC)N(C)CC(=O)c1cc(F)ccc1OC. The largest absolute Gasteiger partial charge is 0.496 e. The van der Waals surface area contributed by atoms with E-state index in [1.807, 2.05) is 11.9 Å². The Bertz CT molecular complexity index is 430. The summed E-state index contributed by atoms with van der Waals surface area (Å²) in [6.07, 6.45) is 1.97. The van der Waals surface area contributed by atoms with E-state index < -0.39 is 5.82 Å². The van der Waals surface area contributed by atoms with Crippen molar-refractivity contribution in [3.8, 4) is 5.75 Å². The molecule has 0 N–H and O–H groups in total. The van der Waals surface area contributed by atoms with Crippen LogP contribution in [0, 0.1) is 5.82 Å². The van der Waals surface area contributed by atoms with Crippen molar-refractivity contribution < 1.29 is 13.9 Å². The Balaban J connectivity index is 2.86. The smallest absolute Gasteiger partial charge is 0.180 e. The number of carbonyl (C=O) groups is 1. The summed E-state index contributed by atoms with van der Waals surface area (Å²) in [7, 11) is 3.40. The number of carbonyl (C=O) groups excluding carboxylic acids is 1. The maximum atomic E-state index is 13.3. The Kier molecular flexibility index (Phi) is 5.96. The molecule has 1 rings (SSSR count). The van der Waals surface area contributed by atoms with Gasteiger partial charge in [-0.2, -0.15) is 0 Å². The van der Waals surface area contributed by atoms with Gasteiger partial charge in [0.1, 0.15) is 11.6 Å². The quantitative estimate of drug-likeness (QED) is 0.711. The van der Waals surface area contributed by atoms with Crippen LogP contribution >= 0.6 is 0 Å². The highest BCUT2D eigenvalue weighted by atomic mass is 19.1. The molecule has 0 radical (unpaired) electrons. The summed E-state index contributed by atoms with van der Waals surface area (Å²) >= 11 is 0. The summed E-state index contributed by atoms with van der Waals surface area (Å²) in [6, 6.07) is 4.38. The number of rotatable bonds is 7. The third-order valence-corrected chi connectivity index (χ3v) is 3.42. The third-order valence-electron chi connectivity index (χ3n) is 3.42. The number of halogens is 1. The summed E-state index contributed by atoms with van der Waals surface area (Å²) < 4.78 is 18.4. The molecule has 1 aromatic rings. The van der Waals surface area contributed by atoms with Gasteiger partial charge in [-0.1, -0.05) is 13.8 Å². The zero-order valence-electron chi connectivity index (χ0n) is 12.1. The van der Waals surface area contributed by atoms with Gasteiger partial charge in [0.05, 0.1) is 19.2 Å². The van der Waals surface area contributed by atoms with E-state index in [4.69, 9.17) is 4.74 Å². The molecule has 3 nitrogen and oxygen atoms in total.